The summed E-state index contributed by atoms with van der Waals surface area (Å²) in [6.45, 7) is 4.65. The minimum Gasteiger partial charge on any atom is -0.497 e. The lowest BCUT2D eigenvalue weighted by atomic mass is 9.69. The SMILES string of the molecule is COc1ccc2c(c1)OC1(CC(C)CC(C)C1)CC2N. The Hall–Kier alpha value is -1.22. The van der Waals surface area contributed by atoms with Crippen molar-refractivity contribution in [2.75, 3.05) is 7.11 Å². The topological polar surface area (TPSA) is 44.5 Å². The zero-order valence-corrected chi connectivity index (χ0v) is 12.7. The van der Waals surface area contributed by atoms with Crippen molar-refractivity contribution < 1.29 is 9.47 Å². The lowest BCUT2D eigenvalue weighted by Crippen LogP contribution is -2.48. The monoisotopic (exact) mass is 275 g/mol. The van der Waals surface area contributed by atoms with Gasteiger partial charge < -0.3 is 15.2 Å². The van der Waals surface area contributed by atoms with Gasteiger partial charge in [-0.1, -0.05) is 19.9 Å². The van der Waals surface area contributed by atoms with Crippen LogP contribution in [-0.4, -0.2) is 12.7 Å². The lowest BCUT2D eigenvalue weighted by molar-refractivity contribution is -0.0312. The third kappa shape index (κ3) is 2.39. The van der Waals surface area contributed by atoms with E-state index in [1.54, 1.807) is 7.11 Å². The molecule has 1 aliphatic heterocycles. The van der Waals surface area contributed by atoms with E-state index < -0.39 is 0 Å². The molecule has 1 aliphatic carbocycles. The van der Waals surface area contributed by atoms with Crippen molar-refractivity contribution in [1.82, 2.24) is 0 Å². The van der Waals surface area contributed by atoms with Crippen molar-refractivity contribution in [3.8, 4) is 11.5 Å². The van der Waals surface area contributed by atoms with Gasteiger partial charge in [0.05, 0.1) is 7.11 Å². The number of hydrogen-bond donors (Lipinski definition) is 1. The molecule has 1 aromatic rings. The Morgan fingerprint density at radius 2 is 1.90 bits per heavy atom. The third-order valence-electron chi connectivity index (χ3n) is 4.78. The number of fused-ring (bicyclic) bond motifs is 1. The van der Waals surface area contributed by atoms with E-state index in [2.05, 4.69) is 13.8 Å². The van der Waals surface area contributed by atoms with Gasteiger partial charge in [-0.3, -0.25) is 0 Å². The van der Waals surface area contributed by atoms with E-state index in [4.69, 9.17) is 15.2 Å². The van der Waals surface area contributed by atoms with Gasteiger partial charge in [0.15, 0.2) is 0 Å². The maximum absolute atomic E-state index is 6.45. The van der Waals surface area contributed by atoms with Crippen molar-refractivity contribution in [2.24, 2.45) is 17.6 Å². The van der Waals surface area contributed by atoms with E-state index >= 15 is 0 Å². The van der Waals surface area contributed by atoms with Gasteiger partial charge in [0.1, 0.15) is 17.1 Å². The van der Waals surface area contributed by atoms with Crippen LogP contribution in [0.2, 0.25) is 0 Å². The Bertz CT molecular complexity index is 490. The summed E-state index contributed by atoms with van der Waals surface area (Å²) in [4.78, 5) is 0. The molecule has 3 rings (SSSR count). The van der Waals surface area contributed by atoms with Crippen LogP contribution in [0, 0.1) is 11.8 Å². The first-order valence-corrected chi connectivity index (χ1v) is 7.64. The predicted molar refractivity (Wildman–Crippen MR) is 80.1 cm³/mol. The third-order valence-corrected chi connectivity index (χ3v) is 4.78. The van der Waals surface area contributed by atoms with Gasteiger partial charge in [0, 0.05) is 24.1 Å². The molecule has 1 aromatic carbocycles. The normalized spacial score (nSPS) is 36.3. The number of benzene rings is 1. The van der Waals surface area contributed by atoms with E-state index in [0.717, 1.165) is 36.3 Å². The minimum absolute atomic E-state index is 0.0714. The van der Waals surface area contributed by atoms with Crippen LogP contribution < -0.4 is 15.2 Å². The van der Waals surface area contributed by atoms with Crippen LogP contribution in [-0.2, 0) is 0 Å². The second kappa shape index (κ2) is 4.96. The highest BCUT2D eigenvalue weighted by atomic mass is 16.5. The van der Waals surface area contributed by atoms with Crippen LogP contribution in [0.5, 0.6) is 11.5 Å². The second-order valence-corrected chi connectivity index (χ2v) is 6.85. The number of rotatable bonds is 1. The number of ether oxygens (including phenoxy) is 2. The van der Waals surface area contributed by atoms with Gasteiger partial charge in [-0.2, -0.15) is 0 Å². The maximum atomic E-state index is 6.45. The highest BCUT2D eigenvalue weighted by molar-refractivity contribution is 5.44. The van der Waals surface area contributed by atoms with E-state index in [0.29, 0.717) is 11.8 Å². The van der Waals surface area contributed by atoms with Crippen molar-refractivity contribution in [1.29, 1.82) is 0 Å². The van der Waals surface area contributed by atoms with Crippen LogP contribution in [0.25, 0.3) is 0 Å². The fraction of sp³-hybridized carbons (Fsp3) is 0.647. The fourth-order valence-corrected chi connectivity index (χ4v) is 4.28. The Labute approximate surface area is 121 Å². The Kier molecular flexibility index (Phi) is 3.41. The van der Waals surface area contributed by atoms with E-state index in [9.17, 15) is 0 Å². The molecular formula is C17H25NO2. The Morgan fingerprint density at radius 3 is 2.55 bits per heavy atom. The van der Waals surface area contributed by atoms with Crippen molar-refractivity contribution >= 4 is 0 Å². The molecule has 2 aliphatic rings. The molecule has 1 fully saturated rings. The zero-order chi connectivity index (χ0) is 14.3. The van der Waals surface area contributed by atoms with Gasteiger partial charge in [-0.25, -0.2) is 0 Å². The zero-order valence-electron chi connectivity index (χ0n) is 12.7. The molecule has 1 heterocycles. The number of hydrogen-bond acceptors (Lipinski definition) is 3. The molecule has 3 atom stereocenters. The second-order valence-electron chi connectivity index (χ2n) is 6.85. The first-order chi connectivity index (χ1) is 9.51. The van der Waals surface area contributed by atoms with Gasteiger partial charge >= 0.3 is 0 Å². The summed E-state index contributed by atoms with van der Waals surface area (Å²) in [7, 11) is 1.69. The summed E-state index contributed by atoms with van der Waals surface area (Å²) in [5.41, 5.74) is 7.45. The van der Waals surface area contributed by atoms with E-state index in [1.807, 2.05) is 18.2 Å². The van der Waals surface area contributed by atoms with Gasteiger partial charge in [0.25, 0.3) is 0 Å². The van der Waals surface area contributed by atoms with Gasteiger partial charge in [-0.05, 0) is 37.2 Å². The van der Waals surface area contributed by atoms with Crippen LogP contribution in [0.1, 0.15) is 51.1 Å². The van der Waals surface area contributed by atoms with E-state index in [-0.39, 0.29) is 11.6 Å². The smallest absolute Gasteiger partial charge is 0.128 e. The summed E-state index contributed by atoms with van der Waals surface area (Å²) in [6, 6.07) is 6.07. The van der Waals surface area contributed by atoms with Crippen molar-refractivity contribution in [3.63, 3.8) is 0 Å². The summed E-state index contributed by atoms with van der Waals surface area (Å²) in [5, 5.41) is 0. The Balaban J connectivity index is 1.94. The van der Waals surface area contributed by atoms with Gasteiger partial charge in [0.2, 0.25) is 0 Å². The molecular weight excluding hydrogens is 250 g/mol. The van der Waals surface area contributed by atoms with Gasteiger partial charge in [-0.15, -0.1) is 0 Å². The van der Waals surface area contributed by atoms with Crippen molar-refractivity contribution in [2.45, 2.75) is 51.2 Å². The average molecular weight is 275 g/mol. The average Bonchev–Trinajstić information content (AvgIpc) is 2.36. The molecule has 3 heteroatoms. The molecule has 2 N–H and O–H groups in total. The van der Waals surface area contributed by atoms with Crippen LogP contribution in [0.15, 0.2) is 18.2 Å². The summed E-state index contributed by atoms with van der Waals surface area (Å²) < 4.78 is 11.8. The first-order valence-electron chi connectivity index (χ1n) is 7.64. The highest BCUT2D eigenvalue weighted by Crippen LogP contribution is 2.48. The number of methoxy groups -OCH3 is 1. The predicted octanol–water partition coefficient (Wildman–Crippen LogP) is 3.67. The lowest BCUT2D eigenvalue weighted by Gasteiger charge is -2.47. The molecule has 20 heavy (non-hydrogen) atoms. The largest absolute Gasteiger partial charge is 0.497 e. The molecule has 0 saturated heterocycles. The quantitative estimate of drug-likeness (QED) is 0.850. The summed E-state index contributed by atoms with van der Waals surface area (Å²) >= 11 is 0. The standard InChI is InChI=1S/C17H25NO2/c1-11-6-12(2)9-17(8-11)10-15(18)14-5-4-13(19-3)7-16(14)20-17/h4-5,7,11-12,15H,6,8-10,18H2,1-3H3. The summed E-state index contributed by atoms with van der Waals surface area (Å²) in [5.74, 6) is 3.17. The fourth-order valence-electron chi connectivity index (χ4n) is 4.28. The molecule has 0 aromatic heterocycles. The van der Waals surface area contributed by atoms with Crippen LogP contribution in [0.3, 0.4) is 0 Å². The minimum atomic E-state index is -0.0735. The van der Waals surface area contributed by atoms with Crippen molar-refractivity contribution in [3.05, 3.63) is 23.8 Å². The van der Waals surface area contributed by atoms with Crippen LogP contribution in [0.4, 0.5) is 0 Å². The summed E-state index contributed by atoms with van der Waals surface area (Å²) in [6.07, 6.45) is 4.45. The molecule has 110 valence electrons. The van der Waals surface area contributed by atoms with E-state index in [1.165, 1.54) is 6.42 Å². The first kappa shape index (κ1) is 13.7. The molecule has 0 radical (unpaired) electrons. The molecule has 3 unspecified atom stereocenters. The molecule has 0 bridgehead atoms. The number of nitrogens with two attached hydrogens (primary N) is 1. The Morgan fingerprint density at radius 1 is 1.20 bits per heavy atom. The maximum Gasteiger partial charge on any atom is 0.128 e. The molecule has 1 saturated carbocycles. The highest BCUT2D eigenvalue weighted by Gasteiger charge is 2.44. The molecule has 3 nitrogen and oxygen atoms in total. The van der Waals surface area contributed by atoms with Crippen LogP contribution >= 0.6 is 0 Å². The molecule has 1 spiro atoms. The molecule has 0 amide bonds.